The van der Waals surface area contributed by atoms with Gasteiger partial charge >= 0.3 is 5.97 Å². The summed E-state index contributed by atoms with van der Waals surface area (Å²) in [4.78, 5) is 25.9. The normalized spacial score (nSPS) is 30.2. The molecule has 5 heteroatoms. The summed E-state index contributed by atoms with van der Waals surface area (Å²) < 4.78 is 10.0. The Morgan fingerprint density at radius 3 is 2.68 bits per heavy atom. The summed E-state index contributed by atoms with van der Waals surface area (Å²) in [6, 6.07) is 0. The third-order valence-electron chi connectivity index (χ3n) is 4.40. The van der Waals surface area contributed by atoms with E-state index in [2.05, 4.69) is 18.6 Å². The summed E-state index contributed by atoms with van der Waals surface area (Å²) >= 11 is 0. The van der Waals surface area contributed by atoms with Crippen LogP contribution in [0.1, 0.15) is 33.1 Å². The summed E-state index contributed by atoms with van der Waals surface area (Å²) in [6.07, 6.45) is 2.52. The van der Waals surface area contributed by atoms with E-state index in [-0.39, 0.29) is 17.2 Å². The zero-order chi connectivity index (χ0) is 14.0. The van der Waals surface area contributed by atoms with Gasteiger partial charge in [0.05, 0.1) is 20.3 Å². The minimum absolute atomic E-state index is 0.0656. The van der Waals surface area contributed by atoms with Gasteiger partial charge in [0.15, 0.2) is 6.10 Å². The SMILES string of the molecule is COC(=O)C1CN(C(=O)C2CCCC2(C)C)CCO1. The van der Waals surface area contributed by atoms with Crippen LogP contribution in [0.3, 0.4) is 0 Å². The molecule has 19 heavy (non-hydrogen) atoms. The number of hydrogen-bond donors (Lipinski definition) is 0. The minimum atomic E-state index is -0.632. The third kappa shape index (κ3) is 2.91. The van der Waals surface area contributed by atoms with Crippen LogP contribution in [0.2, 0.25) is 0 Å². The molecule has 0 aromatic carbocycles. The first-order chi connectivity index (χ1) is 8.95. The summed E-state index contributed by atoms with van der Waals surface area (Å²) in [6.45, 7) is 5.59. The van der Waals surface area contributed by atoms with E-state index in [1.165, 1.54) is 7.11 Å². The number of carbonyl (C=O) groups excluding carboxylic acids is 2. The molecule has 0 bridgehead atoms. The first-order valence-corrected chi connectivity index (χ1v) is 6.94. The first-order valence-electron chi connectivity index (χ1n) is 6.94. The smallest absolute Gasteiger partial charge is 0.336 e. The van der Waals surface area contributed by atoms with Gasteiger partial charge in [-0.2, -0.15) is 0 Å². The van der Waals surface area contributed by atoms with Gasteiger partial charge in [-0.3, -0.25) is 4.79 Å². The molecule has 1 heterocycles. The minimum Gasteiger partial charge on any atom is -0.467 e. The molecule has 0 aromatic rings. The molecule has 0 N–H and O–H groups in total. The second-order valence-corrected chi connectivity index (χ2v) is 6.10. The van der Waals surface area contributed by atoms with Crippen LogP contribution < -0.4 is 0 Å². The average molecular weight is 269 g/mol. The summed E-state index contributed by atoms with van der Waals surface area (Å²) in [5, 5.41) is 0. The Morgan fingerprint density at radius 1 is 1.37 bits per heavy atom. The van der Waals surface area contributed by atoms with E-state index in [4.69, 9.17) is 4.74 Å². The lowest BCUT2D eigenvalue weighted by Gasteiger charge is -2.36. The maximum atomic E-state index is 12.6. The number of carbonyl (C=O) groups is 2. The number of amides is 1. The molecule has 2 rings (SSSR count). The molecule has 2 unspecified atom stereocenters. The standard InChI is InChI=1S/C14H23NO4/c1-14(2)6-4-5-10(14)12(16)15-7-8-19-11(9-15)13(17)18-3/h10-11H,4-9H2,1-3H3. The highest BCUT2D eigenvalue weighted by molar-refractivity contribution is 5.82. The molecule has 0 aromatic heterocycles. The van der Waals surface area contributed by atoms with Crippen molar-refractivity contribution in [3.63, 3.8) is 0 Å². The van der Waals surface area contributed by atoms with Crippen molar-refractivity contribution in [2.75, 3.05) is 26.8 Å². The molecule has 1 aliphatic heterocycles. The largest absolute Gasteiger partial charge is 0.467 e. The Bertz CT molecular complexity index is 366. The van der Waals surface area contributed by atoms with Gasteiger partial charge in [-0.05, 0) is 18.3 Å². The zero-order valence-corrected chi connectivity index (χ0v) is 12.0. The lowest BCUT2D eigenvalue weighted by molar-refractivity contribution is -0.164. The number of rotatable bonds is 2. The Labute approximate surface area is 114 Å². The fourth-order valence-electron chi connectivity index (χ4n) is 3.13. The molecular weight excluding hydrogens is 246 g/mol. The van der Waals surface area contributed by atoms with Gasteiger partial charge in [0, 0.05) is 12.5 Å². The molecule has 1 saturated carbocycles. The van der Waals surface area contributed by atoms with Gasteiger partial charge in [0.2, 0.25) is 5.91 Å². The number of morpholine rings is 1. The molecule has 1 aliphatic carbocycles. The van der Waals surface area contributed by atoms with Crippen LogP contribution in [-0.2, 0) is 19.1 Å². The van der Waals surface area contributed by atoms with Gasteiger partial charge < -0.3 is 14.4 Å². The fourth-order valence-corrected chi connectivity index (χ4v) is 3.13. The van der Waals surface area contributed by atoms with Gasteiger partial charge in [-0.25, -0.2) is 4.79 Å². The van der Waals surface area contributed by atoms with Crippen molar-refractivity contribution in [3.05, 3.63) is 0 Å². The highest BCUT2D eigenvalue weighted by Gasteiger charge is 2.42. The Morgan fingerprint density at radius 2 is 2.11 bits per heavy atom. The van der Waals surface area contributed by atoms with E-state index < -0.39 is 12.1 Å². The molecule has 1 amide bonds. The number of methoxy groups -OCH3 is 1. The van der Waals surface area contributed by atoms with Crippen LogP contribution in [0.5, 0.6) is 0 Å². The van der Waals surface area contributed by atoms with Gasteiger partial charge in [-0.1, -0.05) is 20.3 Å². The Balaban J connectivity index is 2.01. The van der Waals surface area contributed by atoms with Crippen LogP contribution in [0.25, 0.3) is 0 Å². The van der Waals surface area contributed by atoms with E-state index in [0.29, 0.717) is 19.7 Å². The number of nitrogens with zero attached hydrogens (tertiary/aromatic N) is 1. The van der Waals surface area contributed by atoms with E-state index in [1.54, 1.807) is 4.90 Å². The summed E-state index contributed by atoms with van der Waals surface area (Å²) in [7, 11) is 1.34. The lowest BCUT2D eigenvalue weighted by Crippen LogP contribution is -2.51. The number of esters is 1. The van der Waals surface area contributed by atoms with Crippen molar-refractivity contribution < 1.29 is 19.1 Å². The highest BCUT2D eigenvalue weighted by Crippen LogP contribution is 2.43. The van der Waals surface area contributed by atoms with Gasteiger partial charge in [-0.15, -0.1) is 0 Å². The van der Waals surface area contributed by atoms with E-state index >= 15 is 0 Å². The summed E-state index contributed by atoms with van der Waals surface area (Å²) in [5.74, 6) is -0.160. The van der Waals surface area contributed by atoms with Crippen molar-refractivity contribution >= 4 is 11.9 Å². The predicted molar refractivity (Wildman–Crippen MR) is 69.5 cm³/mol. The number of ether oxygens (including phenoxy) is 2. The van der Waals surface area contributed by atoms with Crippen LogP contribution in [0.4, 0.5) is 0 Å². The van der Waals surface area contributed by atoms with Crippen LogP contribution >= 0.6 is 0 Å². The topological polar surface area (TPSA) is 55.8 Å². The molecule has 0 spiro atoms. The lowest BCUT2D eigenvalue weighted by atomic mass is 9.81. The molecule has 108 valence electrons. The monoisotopic (exact) mass is 269 g/mol. The fraction of sp³-hybridized carbons (Fsp3) is 0.857. The van der Waals surface area contributed by atoms with E-state index in [1.807, 2.05) is 0 Å². The predicted octanol–water partition coefficient (Wildman–Crippen LogP) is 1.21. The van der Waals surface area contributed by atoms with Crippen molar-refractivity contribution in [2.24, 2.45) is 11.3 Å². The molecule has 5 nitrogen and oxygen atoms in total. The van der Waals surface area contributed by atoms with Crippen molar-refractivity contribution in [2.45, 2.75) is 39.2 Å². The summed E-state index contributed by atoms with van der Waals surface area (Å²) in [5.41, 5.74) is 0.0656. The Kier molecular flexibility index (Phi) is 4.13. The van der Waals surface area contributed by atoms with Crippen molar-refractivity contribution in [1.82, 2.24) is 4.90 Å². The number of hydrogen-bond acceptors (Lipinski definition) is 4. The van der Waals surface area contributed by atoms with Gasteiger partial charge in [0.25, 0.3) is 0 Å². The van der Waals surface area contributed by atoms with Crippen LogP contribution in [0.15, 0.2) is 0 Å². The zero-order valence-electron chi connectivity index (χ0n) is 12.0. The van der Waals surface area contributed by atoms with E-state index in [0.717, 1.165) is 19.3 Å². The second-order valence-electron chi connectivity index (χ2n) is 6.10. The van der Waals surface area contributed by atoms with Crippen molar-refractivity contribution in [1.29, 1.82) is 0 Å². The molecule has 0 radical (unpaired) electrons. The molecule has 2 fully saturated rings. The van der Waals surface area contributed by atoms with Crippen molar-refractivity contribution in [3.8, 4) is 0 Å². The first kappa shape index (κ1) is 14.3. The maximum Gasteiger partial charge on any atom is 0.336 e. The maximum absolute atomic E-state index is 12.6. The highest BCUT2D eigenvalue weighted by atomic mass is 16.6. The molecule has 1 saturated heterocycles. The van der Waals surface area contributed by atoms with Crippen LogP contribution in [0, 0.1) is 11.3 Å². The second kappa shape index (κ2) is 5.49. The Hall–Kier alpha value is -1.10. The molecular formula is C14H23NO4. The van der Waals surface area contributed by atoms with E-state index in [9.17, 15) is 9.59 Å². The van der Waals surface area contributed by atoms with Crippen LogP contribution in [-0.4, -0.2) is 49.7 Å². The average Bonchev–Trinajstić information content (AvgIpc) is 2.76. The quantitative estimate of drug-likeness (QED) is 0.707. The molecule has 2 aliphatic rings. The third-order valence-corrected chi connectivity index (χ3v) is 4.40. The van der Waals surface area contributed by atoms with Gasteiger partial charge in [0.1, 0.15) is 0 Å². The molecule has 2 atom stereocenters.